The Morgan fingerprint density at radius 2 is 1.81 bits per heavy atom. The summed E-state index contributed by atoms with van der Waals surface area (Å²) in [5, 5.41) is 14.3. The van der Waals surface area contributed by atoms with E-state index in [-0.39, 0.29) is 11.5 Å². The van der Waals surface area contributed by atoms with Crippen molar-refractivity contribution in [3.8, 4) is 11.8 Å². The lowest BCUT2D eigenvalue weighted by atomic mass is 10.0. The van der Waals surface area contributed by atoms with Gasteiger partial charge in [0.05, 0.1) is 7.11 Å². The van der Waals surface area contributed by atoms with Crippen LogP contribution in [0.4, 0.5) is 0 Å². The fourth-order valence-corrected chi connectivity index (χ4v) is 2.96. The lowest BCUT2D eigenvalue weighted by Gasteiger charge is -2.10. The van der Waals surface area contributed by atoms with E-state index < -0.39 is 0 Å². The van der Waals surface area contributed by atoms with Crippen LogP contribution in [-0.2, 0) is 11.2 Å². The SMILES string of the molecule is COc1ccc2ccccc2c1/C=C(/C#N)C(=O)NCCc1ccccc1. The molecular formula is C23H20N2O2. The van der Waals surface area contributed by atoms with E-state index in [4.69, 9.17) is 4.74 Å². The Morgan fingerprint density at radius 3 is 2.56 bits per heavy atom. The highest BCUT2D eigenvalue weighted by Gasteiger charge is 2.12. The van der Waals surface area contributed by atoms with E-state index in [0.29, 0.717) is 18.7 Å². The first-order valence-corrected chi connectivity index (χ1v) is 8.72. The zero-order valence-corrected chi connectivity index (χ0v) is 15.1. The molecule has 4 nitrogen and oxygen atoms in total. The van der Waals surface area contributed by atoms with Crippen LogP contribution >= 0.6 is 0 Å². The fourth-order valence-electron chi connectivity index (χ4n) is 2.96. The lowest BCUT2D eigenvalue weighted by molar-refractivity contribution is -0.117. The van der Waals surface area contributed by atoms with Crippen molar-refractivity contribution in [2.24, 2.45) is 0 Å². The first-order valence-electron chi connectivity index (χ1n) is 8.72. The van der Waals surface area contributed by atoms with E-state index in [0.717, 1.165) is 21.9 Å². The molecule has 27 heavy (non-hydrogen) atoms. The number of nitrogens with one attached hydrogen (secondary N) is 1. The zero-order valence-electron chi connectivity index (χ0n) is 15.1. The fraction of sp³-hybridized carbons (Fsp3) is 0.130. The summed E-state index contributed by atoms with van der Waals surface area (Å²) in [6.45, 7) is 0.467. The van der Waals surface area contributed by atoms with Crippen molar-refractivity contribution in [2.75, 3.05) is 13.7 Å². The highest BCUT2D eigenvalue weighted by atomic mass is 16.5. The molecule has 0 aliphatic carbocycles. The largest absolute Gasteiger partial charge is 0.496 e. The molecule has 4 heteroatoms. The Bertz CT molecular complexity index is 1020. The summed E-state index contributed by atoms with van der Waals surface area (Å²) in [5.41, 5.74) is 1.92. The van der Waals surface area contributed by atoms with Crippen molar-refractivity contribution >= 4 is 22.8 Å². The van der Waals surface area contributed by atoms with E-state index in [2.05, 4.69) is 5.32 Å². The molecule has 0 atom stereocenters. The van der Waals surface area contributed by atoms with Gasteiger partial charge in [0.15, 0.2) is 0 Å². The van der Waals surface area contributed by atoms with Gasteiger partial charge in [0, 0.05) is 12.1 Å². The van der Waals surface area contributed by atoms with Crippen molar-refractivity contribution in [3.63, 3.8) is 0 Å². The summed E-state index contributed by atoms with van der Waals surface area (Å²) < 4.78 is 5.43. The molecule has 0 radical (unpaired) electrons. The lowest BCUT2D eigenvalue weighted by Crippen LogP contribution is -2.26. The number of carbonyl (C=O) groups excluding carboxylic acids is 1. The van der Waals surface area contributed by atoms with E-state index in [9.17, 15) is 10.1 Å². The van der Waals surface area contributed by atoms with Gasteiger partial charge in [0.25, 0.3) is 5.91 Å². The quantitative estimate of drug-likeness (QED) is 0.534. The molecule has 1 amide bonds. The molecule has 0 saturated carbocycles. The molecule has 0 heterocycles. The van der Waals surface area contributed by atoms with Crippen LogP contribution in [0.3, 0.4) is 0 Å². The van der Waals surface area contributed by atoms with Crippen LogP contribution in [0, 0.1) is 11.3 Å². The number of methoxy groups -OCH3 is 1. The third kappa shape index (κ3) is 4.34. The van der Waals surface area contributed by atoms with Gasteiger partial charge in [0.1, 0.15) is 17.4 Å². The van der Waals surface area contributed by atoms with Crippen LogP contribution in [0.5, 0.6) is 5.75 Å². The normalized spacial score (nSPS) is 11.0. The predicted octanol–water partition coefficient (Wildman–Crippen LogP) is 4.11. The van der Waals surface area contributed by atoms with Crippen molar-refractivity contribution in [1.29, 1.82) is 5.26 Å². The van der Waals surface area contributed by atoms with Crippen molar-refractivity contribution in [3.05, 3.63) is 83.4 Å². The second-order valence-corrected chi connectivity index (χ2v) is 6.06. The van der Waals surface area contributed by atoms with Crippen molar-refractivity contribution < 1.29 is 9.53 Å². The minimum absolute atomic E-state index is 0.0534. The molecule has 0 aliphatic rings. The molecule has 0 bridgehead atoms. The standard InChI is InChI=1S/C23H20N2O2/c1-27-22-12-11-18-9-5-6-10-20(18)21(22)15-19(16-24)23(26)25-14-13-17-7-3-2-4-8-17/h2-12,15H,13-14H2,1H3,(H,25,26)/b19-15-. The molecule has 0 unspecified atom stereocenters. The maximum Gasteiger partial charge on any atom is 0.261 e. The molecular weight excluding hydrogens is 336 g/mol. The average Bonchev–Trinajstić information content (AvgIpc) is 2.72. The summed E-state index contributed by atoms with van der Waals surface area (Å²) >= 11 is 0. The first kappa shape index (κ1) is 18.2. The molecule has 0 aromatic heterocycles. The number of fused-ring (bicyclic) bond motifs is 1. The minimum Gasteiger partial charge on any atom is -0.496 e. The van der Waals surface area contributed by atoms with Gasteiger partial charge in [-0.25, -0.2) is 0 Å². The van der Waals surface area contributed by atoms with Crippen molar-refractivity contribution in [2.45, 2.75) is 6.42 Å². The van der Waals surface area contributed by atoms with E-state index in [1.807, 2.05) is 72.8 Å². The summed E-state index contributed by atoms with van der Waals surface area (Å²) in [5.74, 6) is 0.238. The molecule has 134 valence electrons. The molecule has 0 fully saturated rings. The van der Waals surface area contributed by atoms with Crippen LogP contribution in [-0.4, -0.2) is 19.6 Å². The minimum atomic E-state index is -0.386. The maximum atomic E-state index is 12.5. The zero-order chi connectivity index (χ0) is 19.1. The second-order valence-electron chi connectivity index (χ2n) is 6.06. The topological polar surface area (TPSA) is 62.1 Å². The van der Waals surface area contributed by atoms with Gasteiger partial charge in [-0.1, -0.05) is 60.7 Å². The van der Waals surface area contributed by atoms with Crippen LogP contribution < -0.4 is 10.1 Å². The molecule has 3 aromatic carbocycles. The molecule has 3 aromatic rings. The van der Waals surface area contributed by atoms with E-state index in [1.165, 1.54) is 0 Å². The molecule has 0 saturated heterocycles. The number of amides is 1. The van der Waals surface area contributed by atoms with Crippen LogP contribution in [0.1, 0.15) is 11.1 Å². The first-order chi connectivity index (χ1) is 13.2. The third-order valence-corrected chi connectivity index (χ3v) is 4.35. The molecule has 0 aliphatic heterocycles. The second kappa shape index (κ2) is 8.68. The molecule has 1 N–H and O–H groups in total. The smallest absolute Gasteiger partial charge is 0.261 e. The third-order valence-electron chi connectivity index (χ3n) is 4.35. The van der Waals surface area contributed by atoms with Crippen LogP contribution in [0.25, 0.3) is 16.8 Å². The number of hydrogen-bond acceptors (Lipinski definition) is 3. The molecule has 0 spiro atoms. The highest BCUT2D eigenvalue weighted by Crippen LogP contribution is 2.30. The number of nitriles is 1. The van der Waals surface area contributed by atoms with Crippen molar-refractivity contribution in [1.82, 2.24) is 5.32 Å². The Morgan fingerprint density at radius 1 is 1.07 bits per heavy atom. The summed E-state index contributed by atoms with van der Waals surface area (Å²) in [7, 11) is 1.58. The van der Waals surface area contributed by atoms with E-state index in [1.54, 1.807) is 13.2 Å². The monoisotopic (exact) mass is 356 g/mol. The highest BCUT2D eigenvalue weighted by molar-refractivity contribution is 6.04. The number of rotatable bonds is 6. The summed E-state index contributed by atoms with van der Waals surface area (Å²) in [4.78, 5) is 12.5. The summed E-state index contributed by atoms with van der Waals surface area (Å²) in [6.07, 6.45) is 2.31. The Hall–Kier alpha value is -3.58. The van der Waals surface area contributed by atoms with E-state index >= 15 is 0 Å². The molecule has 3 rings (SSSR count). The maximum absolute atomic E-state index is 12.5. The van der Waals surface area contributed by atoms with Crippen LogP contribution in [0.15, 0.2) is 72.3 Å². The average molecular weight is 356 g/mol. The Labute approximate surface area is 158 Å². The number of hydrogen-bond donors (Lipinski definition) is 1. The van der Waals surface area contributed by atoms with Gasteiger partial charge in [-0.05, 0) is 34.9 Å². The summed E-state index contributed by atoms with van der Waals surface area (Å²) in [6, 6.07) is 23.5. The van der Waals surface area contributed by atoms with Crippen LogP contribution in [0.2, 0.25) is 0 Å². The van der Waals surface area contributed by atoms with Gasteiger partial charge in [0.2, 0.25) is 0 Å². The van der Waals surface area contributed by atoms with Gasteiger partial charge >= 0.3 is 0 Å². The van der Waals surface area contributed by atoms with Gasteiger partial charge in [-0.15, -0.1) is 0 Å². The number of benzene rings is 3. The number of ether oxygens (including phenoxy) is 1. The Balaban J connectivity index is 1.82. The predicted molar refractivity (Wildman–Crippen MR) is 107 cm³/mol. The number of nitrogens with zero attached hydrogens (tertiary/aromatic N) is 1. The van der Waals surface area contributed by atoms with Gasteiger partial charge < -0.3 is 10.1 Å². The van der Waals surface area contributed by atoms with Gasteiger partial charge in [-0.3, -0.25) is 4.79 Å². The Kier molecular flexibility index (Phi) is 5.86. The van der Waals surface area contributed by atoms with Gasteiger partial charge in [-0.2, -0.15) is 5.26 Å². The number of carbonyl (C=O) groups is 1.